The van der Waals surface area contributed by atoms with Crippen LogP contribution in [-0.4, -0.2) is 17.5 Å². The Morgan fingerprint density at radius 3 is 2.70 bits per heavy atom. The van der Waals surface area contributed by atoms with Crippen molar-refractivity contribution in [2.75, 3.05) is 0 Å². The molecular weight excluding hydrogens is 284 g/mol. The highest BCUT2D eigenvalue weighted by Crippen LogP contribution is 2.59. The molecule has 3 fully saturated rings. The molecule has 7 atom stereocenters. The Morgan fingerprint density at radius 2 is 2.04 bits per heavy atom. The molecule has 0 radical (unpaired) electrons. The van der Waals surface area contributed by atoms with E-state index in [1.165, 1.54) is 50.5 Å². The summed E-state index contributed by atoms with van der Waals surface area (Å²) in [6.45, 7) is 6.81. The lowest BCUT2D eigenvalue weighted by Crippen LogP contribution is -2.36. The van der Waals surface area contributed by atoms with Gasteiger partial charge in [0.2, 0.25) is 0 Å². The van der Waals surface area contributed by atoms with Crippen molar-refractivity contribution < 1.29 is 9.90 Å². The Morgan fingerprint density at radius 1 is 1.26 bits per heavy atom. The van der Waals surface area contributed by atoms with Crippen molar-refractivity contribution in [3.63, 3.8) is 0 Å². The van der Waals surface area contributed by atoms with E-state index in [1.54, 1.807) is 0 Å². The second-order valence-electron chi connectivity index (χ2n) is 9.00. The zero-order valence-electron chi connectivity index (χ0n) is 15.1. The van der Waals surface area contributed by atoms with E-state index in [2.05, 4.69) is 26.8 Å². The van der Waals surface area contributed by atoms with E-state index in [0.717, 1.165) is 18.6 Å². The first-order valence-corrected chi connectivity index (χ1v) is 9.79. The summed E-state index contributed by atoms with van der Waals surface area (Å²) in [6.07, 6.45) is 12.8. The van der Waals surface area contributed by atoms with E-state index in [-0.39, 0.29) is 17.4 Å². The fourth-order valence-electron chi connectivity index (χ4n) is 6.15. The molecule has 7 unspecified atom stereocenters. The predicted molar refractivity (Wildman–Crippen MR) is 94.0 cm³/mol. The van der Waals surface area contributed by atoms with Gasteiger partial charge in [0.25, 0.3) is 0 Å². The number of carbonyl (C=O) groups is 1. The summed E-state index contributed by atoms with van der Waals surface area (Å²) in [4.78, 5) is 11.3. The molecule has 1 N–H and O–H groups in total. The molecule has 2 nitrogen and oxygen atoms in total. The minimum absolute atomic E-state index is 0.171. The number of fused-ring (bicyclic) bond motifs is 1. The van der Waals surface area contributed by atoms with Gasteiger partial charge in [-0.2, -0.15) is 0 Å². The van der Waals surface area contributed by atoms with Gasteiger partial charge in [-0.25, -0.2) is 0 Å². The third-order valence-electron chi connectivity index (χ3n) is 7.49. The van der Waals surface area contributed by atoms with E-state index in [4.69, 9.17) is 0 Å². The molecule has 0 aromatic rings. The van der Waals surface area contributed by atoms with Crippen LogP contribution < -0.4 is 0 Å². The number of carbonyl (C=O) groups excluding carboxylic acids is 1. The van der Waals surface area contributed by atoms with E-state index in [0.29, 0.717) is 17.8 Å². The van der Waals surface area contributed by atoms with Gasteiger partial charge in [-0.1, -0.05) is 38.8 Å². The molecule has 2 heteroatoms. The fourth-order valence-corrected chi connectivity index (χ4v) is 6.15. The highest BCUT2D eigenvalue weighted by Gasteiger charge is 2.50. The molecule has 0 heterocycles. The van der Waals surface area contributed by atoms with Gasteiger partial charge in [0.15, 0.2) is 0 Å². The Hall–Kier alpha value is -0.630. The summed E-state index contributed by atoms with van der Waals surface area (Å²) < 4.78 is 0. The van der Waals surface area contributed by atoms with Gasteiger partial charge in [0.05, 0.1) is 6.10 Å². The molecule has 3 aliphatic rings. The van der Waals surface area contributed by atoms with Gasteiger partial charge >= 0.3 is 0 Å². The summed E-state index contributed by atoms with van der Waals surface area (Å²) in [6, 6.07) is 0. The number of aliphatic hydroxyl groups excluding tert-OH is 1. The van der Waals surface area contributed by atoms with Crippen molar-refractivity contribution in [2.45, 2.75) is 78.2 Å². The molecule has 0 amide bonds. The minimum atomic E-state index is -0.250. The molecule has 3 aliphatic carbocycles. The van der Waals surface area contributed by atoms with Crippen molar-refractivity contribution in [3.8, 4) is 0 Å². The zero-order chi connectivity index (χ0) is 16.6. The third-order valence-corrected chi connectivity index (χ3v) is 7.49. The van der Waals surface area contributed by atoms with Gasteiger partial charge in [-0.05, 0) is 74.0 Å². The normalized spacial score (nSPS) is 45.0. The van der Waals surface area contributed by atoms with Crippen LogP contribution in [0.2, 0.25) is 0 Å². The molecule has 0 saturated heterocycles. The molecule has 0 aromatic carbocycles. The molecule has 3 saturated carbocycles. The maximum Gasteiger partial charge on any atom is 0.123 e. The first kappa shape index (κ1) is 17.2. The van der Waals surface area contributed by atoms with Crippen LogP contribution in [0, 0.1) is 35.0 Å². The highest BCUT2D eigenvalue weighted by atomic mass is 16.3. The van der Waals surface area contributed by atoms with Gasteiger partial charge in [-0.15, -0.1) is 0 Å². The van der Waals surface area contributed by atoms with Gasteiger partial charge < -0.3 is 9.90 Å². The average molecular weight is 319 g/mol. The first-order chi connectivity index (χ1) is 11.0. The number of allylic oxidation sites excluding steroid dienone is 1. The van der Waals surface area contributed by atoms with Crippen molar-refractivity contribution in [2.24, 2.45) is 35.0 Å². The van der Waals surface area contributed by atoms with E-state index in [1.807, 2.05) is 0 Å². The predicted octanol–water partition coefficient (Wildman–Crippen LogP) is 4.76. The van der Waals surface area contributed by atoms with E-state index in [9.17, 15) is 9.90 Å². The molecule has 0 aromatic heterocycles. The van der Waals surface area contributed by atoms with Crippen LogP contribution in [0.25, 0.3) is 0 Å². The number of hydrogen-bond acceptors (Lipinski definition) is 2. The van der Waals surface area contributed by atoms with E-state index < -0.39 is 0 Å². The van der Waals surface area contributed by atoms with Crippen molar-refractivity contribution in [1.29, 1.82) is 0 Å². The van der Waals surface area contributed by atoms with Crippen LogP contribution in [-0.2, 0) is 4.79 Å². The standard InChI is InChI=1S/C21H34O2/c1-14-6-7-17(11-14)20(23)12-16-5-4-10-21(3)18(15(2)13-22)8-9-19(16)21/h12-15,17-20,23H,4-11H2,1-3H3. The topological polar surface area (TPSA) is 37.3 Å². The Labute approximate surface area is 141 Å². The maximum absolute atomic E-state index is 11.3. The number of aliphatic hydroxyl groups is 1. The van der Waals surface area contributed by atoms with Gasteiger partial charge in [0.1, 0.15) is 6.29 Å². The molecule has 23 heavy (non-hydrogen) atoms. The first-order valence-electron chi connectivity index (χ1n) is 9.79. The zero-order valence-corrected chi connectivity index (χ0v) is 15.1. The number of rotatable bonds is 4. The smallest absolute Gasteiger partial charge is 0.123 e. The van der Waals surface area contributed by atoms with Crippen LogP contribution >= 0.6 is 0 Å². The molecule has 0 aliphatic heterocycles. The summed E-state index contributed by atoms with van der Waals surface area (Å²) in [5.74, 6) is 2.53. The van der Waals surface area contributed by atoms with Crippen molar-refractivity contribution >= 4 is 6.29 Å². The second kappa shape index (κ2) is 6.70. The molecule has 3 rings (SSSR count). The average Bonchev–Trinajstić information content (AvgIpc) is 3.10. The van der Waals surface area contributed by atoms with Crippen LogP contribution in [0.4, 0.5) is 0 Å². The Bertz CT molecular complexity index is 468. The second-order valence-corrected chi connectivity index (χ2v) is 9.00. The lowest BCUT2D eigenvalue weighted by Gasteiger charge is -2.43. The Balaban J connectivity index is 1.76. The van der Waals surface area contributed by atoms with Crippen LogP contribution in [0.5, 0.6) is 0 Å². The van der Waals surface area contributed by atoms with Crippen LogP contribution in [0.1, 0.15) is 72.1 Å². The largest absolute Gasteiger partial charge is 0.389 e. The van der Waals surface area contributed by atoms with E-state index >= 15 is 0 Å². The van der Waals surface area contributed by atoms with Gasteiger partial charge in [0, 0.05) is 5.92 Å². The number of hydrogen-bond donors (Lipinski definition) is 1. The summed E-state index contributed by atoms with van der Waals surface area (Å²) in [7, 11) is 0. The number of aldehydes is 1. The fraction of sp³-hybridized carbons (Fsp3) is 0.857. The molecule has 130 valence electrons. The van der Waals surface area contributed by atoms with Crippen LogP contribution in [0.15, 0.2) is 11.6 Å². The highest BCUT2D eigenvalue weighted by molar-refractivity contribution is 5.54. The lowest BCUT2D eigenvalue weighted by molar-refractivity contribution is -0.113. The maximum atomic E-state index is 11.3. The van der Waals surface area contributed by atoms with Gasteiger partial charge in [-0.3, -0.25) is 0 Å². The van der Waals surface area contributed by atoms with Crippen molar-refractivity contribution in [1.82, 2.24) is 0 Å². The van der Waals surface area contributed by atoms with Crippen LogP contribution in [0.3, 0.4) is 0 Å². The SMILES string of the molecule is CC1CCC(C(O)C=C2CCCC3(C)C2CCC3C(C)C=O)C1. The lowest BCUT2D eigenvalue weighted by atomic mass is 9.61. The van der Waals surface area contributed by atoms with Crippen molar-refractivity contribution in [3.05, 3.63) is 11.6 Å². The molecule has 0 bridgehead atoms. The summed E-state index contributed by atoms with van der Waals surface area (Å²) in [5, 5.41) is 10.7. The molecular formula is C21H34O2. The molecule has 0 spiro atoms. The Kier molecular flexibility index (Phi) is 5.01. The minimum Gasteiger partial charge on any atom is -0.389 e. The summed E-state index contributed by atoms with van der Waals surface area (Å²) in [5.41, 5.74) is 1.78. The quantitative estimate of drug-likeness (QED) is 0.599. The summed E-state index contributed by atoms with van der Waals surface area (Å²) >= 11 is 0. The monoisotopic (exact) mass is 318 g/mol. The third kappa shape index (κ3) is 3.16.